The average Bonchev–Trinajstić information content (AvgIpc) is 3.77. The fourth-order valence-corrected chi connectivity index (χ4v) is 7.84. The van der Waals surface area contributed by atoms with Crippen LogP contribution in [0, 0.1) is 11.8 Å². The van der Waals surface area contributed by atoms with Gasteiger partial charge in [0, 0.05) is 39.8 Å². The zero-order valence-electron chi connectivity index (χ0n) is 28.5. The van der Waals surface area contributed by atoms with Gasteiger partial charge in [-0.1, -0.05) is 97.8 Å². The van der Waals surface area contributed by atoms with Crippen LogP contribution in [0.25, 0.3) is 0 Å². The molecule has 4 aliphatic heterocycles. The Morgan fingerprint density at radius 2 is 1.68 bits per heavy atom. The number of carbonyl (C=O) groups is 4. The van der Waals surface area contributed by atoms with E-state index in [1.165, 1.54) is 7.11 Å². The Morgan fingerprint density at radius 3 is 2.42 bits per heavy atom. The predicted molar refractivity (Wildman–Crippen MR) is 184 cm³/mol. The van der Waals surface area contributed by atoms with Crippen molar-refractivity contribution in [1.29, 1.82) is 0 Å². The third-order valence-electron chi connectivity index (χ3n) is 10.2. The maximum atomic E-state index is 14.9. The van der Waals surface area contributed by atoms with E-state index in [0.29, 0.717) is 37.9 Å². The molecule has 11 heteroatoms. The summed E-state index contributed by atoms with van der Waals surface area (Å²) in [5.74, 6) is -3.41. The van der Waals surface area contributed by atoms with Gasteiger partial charge >= 0.3 is 5.97 Å². The molecule has 6 rings (SSSR count). The Hall–Kier alpha value is -4.32. The molecule has 266 valence electrons. The molecule has 5 bridgehead atoms. The van der Waals surface area contributed by atoms with Crippen LogP contribution >= 0.6 is 0 Å². The van der Waals surface area contributed by atoms with E-state index >= 15 is 0 Å². The summed E-state index contributed by atoms with van der Waals surface area (Å²) in [5, 5.41) is 12.3. The molecule has 2 N–H and O–H groups in total. The highest BCUT2D eigenvalue weighted by Crippen LogP contribution is 2.56. The van der Waals surface area contributed by atoms with E-state index < -0.39 is 47.7 Å². The molecule has 0 radical (unpaired) electrons. The molecule has 0 aromatic heterocycles. The van der Waals surface area contributed by atoms with Gasteiger partial charge in [0.25, 0.3) is 0 Å². The van der Waals surface area contributed by atoms with Crippen molar-refractivity contribution in [1.82, 2.24) is 15.1 Å². The highest BCUT2D eigenvalue weighted by atomic mass is 16.6. The number of cyclic esters (lactones) is 1. The average molecular weight is 686 g/mol. The molecule has 7 atom stereocenters. The molecule has 2 aromatic rings. The molecule has 2 aromatic carbocycles. The number of rotatable bonds is 11. The third kappa shape index (κ3) is 7.26. The SMILES string of the molecule is COC[C@H]1NC(=O)CC/C=C\CN(Cc2ccccc2)C(=O)[C@@H]2N(CCCCCCO)C(=O)[C@H]3[C@H](C(=O)O[C@@H]1c1ccccc1)[C@@H]1C=C[C@]23O1. The summed E-state index contributed by atoms with van der Waals surface area (Å²) in [6, 6.07) is 17.1. The molecule has 11 nitrogen and oxygen atoms in total. The number of methoxy groups -OCH3 is 1. The molecule has 3 amide bonds. The molecular weight excluding hydrogens is 638 g/mol. The first-order chi connectivity index (χ1) is 24.4. The van der Waals surface area contributed by atoms with Crippen LogP contribution in [0.5, 0.6) is 0 Å². The minimum Gasteiger partial charge on any atom is -0.455 e. The van der Waals surface area contributed by atoms with Gasteiger partial charge in [-0.2, -0.15) is 0 Å². The van der Waals surface area contributed by atoms with Gasteiger partial charge in [0.2, 0.25) is 17.7 Å². The monoisotopic (exact) mass is 685 g/mol. The van der Waals surface area contributed by atoms with Gasteiger partial charge in [-0.15, -0.1) is 0 Å². The van der Waals surface area contributed by atoms with Crippen LogP contribution in [0.2, 0.25) is 0 Å². The number of aliphatic hydroxyl groups is 1. The number of ether oxygens (including phenoxy) is 3. The van der Waals surface area contributed by atoms with E-state index in [1.54, 1.807) is 15.9 Å². The van der Waals surface area contributed by atoms with Gasteiger partial charge < -0.3 is 34.4 Å². The van der Waals surface area contributed by atoms with Crippen LogP contribution in [0.3, 0.4) is 0 Å². The second kappa shape index (κ2) is 16.1. The summed E-state index contributed by atoms with van der Waals surface area (Å²) in [7, 11) is 1.52. The third-order valence-corrected chi connectivity index (χ3v) is 10.2. The van der Waals surface area contributed by atoms with Gasteiger partial charge in [0.15, 0.2) is 0 Å². The number of allylic oxidation sites excluding steroid dienone is 1. The van der Waals surface area contributed by atoms with Crippen molar-refractivity contribution < 1.29 is 38.5 Å². The largest absolute Gasteiger partial charge is 0.455 e. The van der Waals surface area contributed by atoms with Gasteiger partial charge in [-0.3, -0.25) is 19.2 Å². The molecule has 4 aliphatic rings. The number of likely N-dealkylation sites (tertiary alicyclic amines) is 1. The Morgan fingerprint density at radius 1 is 0.940 bits per heavy atom. The molecular formula is C39H47N3O8. The fourth-order valence-electron chi connectivity index (χ4n) is 7.84. The molecule has 2 saturated heterocycles. The lowest BCUT2D eigenvalue weighted by Gasteiger charge is -2.36. The number of nitrogens with zero attached hydrogens (tertiary/aromatic N) is 2. The number of hydrogen-bond acceptors (Lipinski definition) is 8. The van der Waals surface area contributed by atoms with Crippen molar-refractivity contribution in [3.8, 4) is 0 Å². The van der Waals surface area contributed by atoms with E-state index in [9.17, 15) is 24.3 Å². The van der Waals surface area contributed by atoms with E-state index in [2.05, 4.69) is 5.32 Å². The van der Waals surface area contributed by atoms with Crippen LogP contribution < -0.4 is 5.32 Å². The van der Waals surface area contributed by atoms with Crippen LogP contribution in [0.4, 0.5) is 0 Å². The molecule has 0 aliphatic carbocycles. The van der Waals surface area contributed by atoms with Gasteiger partial charge in [0.1, 0.15) is 23.7 Å². The molecule has 0 saturated carbocycles. The van der Waals surface area contributed by atoms with Crippen molar-refractivity contribution in [2.45, 2.75) is 75.0 Å². The first-order valence-corrected chi connectivity index (χ1v) is 17.7. The zero-order valence-corrected chi connectivity index (χ0v) is 28.5. The van der Waals surface area contributed by atoms with Crippen molar-refractivity contribution in [3.63, 3.8) is 0 Å². The molecule has 0 unspecified atom stereocenters. The quantitative estimate of drug-likeness (QED) is 0.209. The highest BCUT2D eigenvalue weighted by Gasteiger charge is 2.73. The molecule has 50 heavy (non-hydrogen) atoms. The zero-order chi connectivity index (χ0) is 35.1. The number of fused-ring (bicyclic) bond motifs is 2. The Kier molecular flexibility index (Phi) is 11.5. The minimum atomic E-state index is -1.34. The number of aliphatic hydroxyl groups excluding tert-OH is 1. The van der Waals surface area contributed by atoms with Crippen LogP contribution in [-0.4, -0.2) is 95.8 Å². The highest BCUT2D eigenvalue weighted by molar-refractivity contribution is 5.99. The smallest absolute Gasteiger partial charge is 0.313 e. The number of esters is 1. The lowest BCUT2D eigenvalue weighted by Crippen LogP contribution is -2.55. The molecule has 4 heterocycles. The molecule has 2 fully saturated rings. The van der Waals surface area contributed by atoms with Gasteiger partial charge in [-0.05, 0) is 30.4 Å². The Bertz CT molecular complexity index is 1570. The van der Waals surface area contributed by atoms with Crippen LogP contribution in [-0.2, 0) is 39.9 Å². The number of amides is 3. The summed E-state index contributed by atoms with van der Waals surface area (Å²) in [5.41, 5.74) is 0.253. The topological polar surface area (TPSA) is 135 Å². The van der Waals surface area contributed by atoms with Crippen molar-refractivity contribution >= 4 is 23.7 Å². The molecule has 1 spiro atoms. The van der Waals surface area contributed by atoms with E-state index in [1.807, 2.05) is 78.9 Å². The standard InChI is InChI=1S/C39H47N3O8/c1-48-26-29-34(28-17-9-5-10-18-28)49-38(47)32-30-20-21-39(50-30)33(32)36(45)42(23-13-2-3-14-24-43)35(39)37(46)41(25-27-15-7-4-8-16-27)22-12-6-11-19-31(44)40-29/h4-10,12,15-18,20-21,29-30,32-35,43H,2-3,11,13-14,19,22-26H2,1H3,(H,40,44)/b12-6-/t29-,30+,32-,33-,34-,35+,39-/m1/s1. The van der Waals surface area contributed by atoms with Gasteiger partial charge in [-0.25, -0.2) is 0 Å². The van der Waals surface area contributed by atoms with E-state index in [0.717, 1.165) is 18.4 Å². The predicted octanol–water partition coefficient (Wildman–Crippen LogP) is 3.48. The van der Waals surface area contributed by atoms with E-state index in [4.69, 9.17) is 14.2 Å². The second-order valence-electron chi connectivity index (χ2n) is 13.5. The Balaban J connectivity index is 1.40. The number of carbonyl (C=O) groups excluding carboxylic acids is 4. The summed E-state index contributed by atoms with van der Waals surface area (Å²) in [6.07, 6.45) is 9.18. The fraction of sp³-hybridized carbons (Fsp3) is 0.487. The van der Waals surface area contributed by atoms with Crippen molar-refractivity contribution in [2.24, 2.45) is 11.8 Å². The Labute approximate surface area is 293 Å². The first kappa shape index (κ1) is 35.5. The summed E-state index contributed by atoms with van der Waals surface area (Å²) >= 11 is 0. The second-order valence-corrected chi connectivity index (χ2v) is 13.5. The number of hydrogen-bond donors (Lipinski definition) is 2. The van der Waals surface area contributed by atoms with Crippen molar-refractivity contribution in [3.05, 3.63) is 96.1 Å². The lowest BCUT2D eigenvalue weighted by atomic mass is 9.74. The van der Waals surface area contributed by atoms with Crippen molar-refractivity contribution in [2.75, 3.05) is 33.4 Å². The lowest BCUT2D eigenvalue weighted by molar-refractivity contribution is -0.162. The number of benzene rings is 2. The summed E-state index contributed by atoms with van der Waals surface area (Å²) in [4.78, 5) is 60.3. The van der Waals surface area contributed by atoms with Gasteiger partial charge in [0.05, 0.1) is 24.7 Å². The van der Waals surface area contributed by atoms with Crippen LogP contribution in [0.15, 0.2) is 85.0 Å². The first-order valence-electron chi connectivity index (χ1n) is 17.7. The van der Waals surface area contributed by atoms with E-state index in [-0.39, 0.29) is 43.9 Å². The summed E-state index contributed by atoms with van der Waals surface area (Å²) < 4.78 is 18.4. The van der Waals surface area contributed by atoms with Crippen LogP contribution in [0.1, 0.15) is 55.8 Å². The number of nitrogens with one attached hydrogen (secondary N) is 1. The number of unbranched alkanes of at least 4 members (excludes halogenated alkanes) is 3. The maximum absolute atomic E-state index is 14.9. The normalized spacial score (nSPS) is 30.4. The summed E-state index contributed by atoms with van der Waals surface area (Å²) in [6.45, 7) is 1.05. The maximum Gasteiger partial charge on any atom is 0.313 e. The minimum absolute atomic E-state index is 0.0836.